The molecular formula is C81H134N2O5S2. The molecular weight excluding hydrogens is 1150 g/mol. The van der Waals surface area contributed by atoms with Crippen molar-refractivity contribution < 1.29 is 23.8 Å². The molecule has 4 heterocycles. The van der Waals surface area contributed by atoms with Crippen LogP contribution in [0.15, 0.2) is 58.3 Å². The molecule has 0 aliphatic carbocycles. The van der Waals surface area contributed by atoms with Gasteiger partial charge in [0.25, 0.3) is 11.8 Å². The van der Waals surface area contributed by atoms with Gasteiger partial charge in [0.1, 0.15) is 0 Å². The molecule has 5 rings (SSSR count). The van der Waals surface area contributed by atoms with Crippen LogP contribution in [0.3, 0.4) is 0 Å². The van der Waals surface area contributed by atoms with Crippen LogP contribution in [0.1, 0.15) is 365 Å². The fourth-order valence-corrected chi connectivity index (χ4v) is 15.4. The van der Waals surface area contributed by atoms with Crippen molar-refractivity contribution in [1.29, 1.82) is 0 Å². The Balaban J connectivity index is 1.57. The zero-order valence-electron chi connectivity index (χ0n) is 58.9. The first-order chi connectivity index (χ1) is 44.4. The summed E-state index contributed by atoms with van der Waals surface area (Å²) in [7, 11) is 0. The highest BCUT2D eigenvalue weighted by Gasteiger charge is 2.46. The summed E-state index contributed by atoms with van der Waals surface area (Å²) in [5.41, 5.74) is 3.19. The first-order valence-corrected chi connectivity index (χ1v) is 40.4. The molecule has 2 amide bonds. The second-order valence-electron chi connectivity index (χ2n) is 27.7. The molecule has 3 atom stereocenters. The third kappa shape index (κ3) is 30.2. The van der Waals surface area contributed by atoms with E-state index in [2.05, 4.69) is 65.1 Å². The quantitative estimate of drug-likeness (QED) is 0.0570. The van der Waals surface area contributed by atoms with Crippen LogP contribution in [0.5, 0.6) is 17.2 Å². The molecule has 1 aromatic carbocycles. The second-order valence-corrected chi connectivity index (χ2v) is 29.6. The van der Waals surface area contributed by atoms with E-state index in [-0.39, 0.29) is 18.4 Å². The average Bonchev–Trinajstić information content (AvgIpc) is 1.59. The van der Waals surface area contributed by atoms with Crippen LogP contribution in [-0.4, -0.2) is 36.5 Å². The average molecular weight is 1280 g/mol. The van der Waals surface area contributed by atoms with Crippen molar-refractivity contribution in [2.24, 2.45) is 17.8 Å². The van der Waals surface area contributed by atoms with Crippen LogP contribution in [0.4, 0.5) is 0 Å². The number of unbranched alkanes of at least 4 members (excludes halogenated alkanes) is 36. The van der Waals surface area contributed by atoms with E-state index < -0.39 is 0 Å². The van der Waals surface area contributed by atoms with Crippen molar-refractivity contribution in [1.82, 2.24) is 10.2 Å². The van der Waals surface area contributed by atoms with Crippen molar-refractivity contribution in [3.8, 4) is 17.2 Å². The van der Waals surface area contributed by atoms with E-state index in [1.807, 2.05) is 33.9 Å². The number of ether oxygens (including phenoxy) is 3. The minimum atomic E-state index is -0.215. The Hall–Kier alpha value is -3.56. The molecule has 0 saturated heterocycles. The zero-order valence-corrected chi connectivity index (χ0v) is 60.6. The van der Waals surface area contributed by atoms with Crippen LogP contribution < -0.4 is 19.5 Å². The number of carbonyl (C=O) groups excluding carboxylic acids is 2. The summed E-state index contributed by atoms with van der Waals surface area (Å²) < 4.78 is 22.3. The monoisotopic (exact) mass is 1280 g/mol. The van der Waals surface area contributed by atoms with Gasteiger partial charge in [-0.2, -0.15) is 0 Å². The van der Waals surface area contributed by atoms with Gasteiger partial charge in [-0.3, -0.25) is 9.59 Å². The Morgan fingerprint density at radius 3 is 1.02 bits per heavy atom. The fraction of sp³-hybridized carbons (Fsp3) is 0.753. The summed E-state index contributed by atoms with van der Waals surface area (Å²) in [4.78, 5) is 33.2. The van der Waals surface area contributed by atoms with Gasteiger partial charge in [0.2, 0.25) is 5.75 Å². The van der Waals surface area contributed by atoms with Crippen LogP contribution >= 0.6 is 22.7 Å². The molecule has 0 spiro atoms. The number of carbonyl (C=O) groups is 2. The van der Waals surface area contributed by atoms with Gasteiger partial charge in [-0.15, -0.1) is 22.7 Å². The number of hydrogen-bond acceptors (Lipinski definition) is 7. The number of thiophene rings is 2. The summed E-state index contributed by atoms with van der Waals surface area (Å²) in [6.07, 6.45) is 62.0. The molecule has 0 bridgehead atoms. The lowest BCUT2D eigenvalue weighted by Crippen LogP contribution is -2.27. The Morgan fingerprint density at radius 2 is 0.700 bits per heavy atom. The lowest BCUT2D eigenvalue weighted by atomic mass is 9.94. The smallest absolute Gasteiger partial charge is 0.261 e. The topological polar surface area (TPSA) is 77.1 Å². The molecule has 3 aromatic rings. The van der Waals surface area contributed by atoms with E-state index in [0.29, 0.717) is 60.1 Å². The normalized spacial score (nSPS) is 14.3. The fourth-order valence-electron chi connectivity index (χ4n) is 13.9. The highest BCUT2D eigenvalue weighted by Crippen LogP contribution is 2.47. The van der Waals surface area contributed by atoms with Gasteiger partial charge < -0.3 is 24.4 Å². The Kier molecular flexibility index (Phi) is 42.8. The number of amides is 2. The highest BCUT2D eigenvalue weighted by atomic mass is 32.1. The third-order valence-corrected chi connectivity index (χ3v) is 21.3. The third-order valence-electron chi connectivity index (χ3n) is 19.6. The molecule has 2 aromatic heterocycles. The molecule has 0 radical (unpaired) electrons. The molecule has 0 fully saturated rings. The minimum Gasteiger partial charge on any atom is -0.489 e. The molecule has 1 N–H and O–H groups in total. The van der Waals surface area contributed by atoms with E-state index in [1.165, 1.54) is 308 Å². The van der Waals surface area contributed by atoms with Crippen molar-refractivity contribution in [3.63, 3.8) is 0 Å². The molecule has 3 unspecified atom stereocenters. The standard InChI is InChI=1S/C81H134N2O5S2/c1-7-13-19-25-31-34-40-46-53-67(51-43-37-28-22-16-10-4)64-86-71-61-70(63-83-78(74-58-50-60-90-74)76-75(81(83)85)77(82-80(76)84)73-57-49-59-89-73)62-72(87-65-68(52-44-38-29-23-17-11-5)54-47-41-35-32-26-20-14-8-2)79(71)88-66-69(55-45-39-30-24-18-12-6)56-48-42-36-33-27-21-15-9-3/h49-50,57-62,67-69H,7-48,51-56,63-66H2,1-6H3,(H,82,84). The van der Waals surface area contributed by atoms with E-state index in [0.717, 1.165) is 32.6 Å². The molecule has 7 nitrogen and oxygen atoms in total. The summed E-state index contributed by atoms with van der Waals surface area (Å²) >= 11 is 3.13. The second kappa shape index (κ2) is 49.9. The van der Waals surface area contributed by atoms with Gasteiger partial charge in [0.15, 0.2) is 11.5 Å². The van der Waals surface area contributed by atoms with Gasteiger partial charge in [-0.25, -0.2) is 0 Å². The molecule has 9 heteroatoms. The maximum atomic E-state index is 15.3. The lowest BCUT2D eigenvalue weighted by Gasteiger charge is -2.26. The molecule has 510 valence electrons. The lowest BCUT2D eigenvalue weighted by molar-refractivity contribution is -0.123. The Morgan fingerprint density at radius 1 is 0.389 bits per heavy atom. The minimum absolute atomic E-state index is 0.146. The molecule has 2 aliphatic rings. The molecule has 2 aliphatic heterocycles. The summed E-state index contributed by atoms with van der Waals surface area (Å²) in [5, 5.41) is 7.19. The molecule has 0 saturated carbocycles. The van der Waals surface area contributed by atoms with E-state index >= 15 is 4.79 Å². The Labute approximate surface area is 561 Å². The number of nitrogens with one attached hydrogen (secondary N) is 1. The number of fused-ring (bicyclic) bond motifs is 1. The van der Waals surface area contributed by atoms with Gasteiger partial charge >= 0.3 is 0 Å². The first kappa shape index (κ1) is 77.1. The summed E-state index contributed by atoms with van der Waals surface area (Å²) in [5.74, 6) is 3.20. The van der Waals surface area contributed by atoms with Crippen LogP contribution in [0.2, 0.25) is 0 Å². The van der Waals surface area contributed by atoms with Crippen molar-refractivity contribution in [2.75, 3.05) is 19.8 Å². The van der Waals surface area contributed by atoms with Gasteiger partial charge in [-0.1, -0.05) is 323 Å². The number of nitrogens with zero attached hydrogens (tertiary/aromatic N) is 1. The predicted molar refractivity (Wildman–Crippen MR) is 390 cm³/mol. The largest absolute Gasteiger partial charge is 0.489 e. The van der Waals surface area contributed by atoms with Gasteiger partial charge in [0, 0.05) is 0 Å². The first-order valence-electron chi connectivity index (χ1n) is 38.6. The van der Waals surface area contributed by atoms with Crippen LogP contribution in [0, 0.1) is 17.8 Å². The van der Waals surface area contributed by atoms with Crippen LogP contribution in [0.25, 0.3) is 11.4 Å². The predicted octanol–water partition coefficient (Wildman–Crippen LogP) is 25.9. The van der Waals surface area contributed by atoms with Crippen LogP contribution in [-0.2, 0) is 16.1 Å². The zero-order chi connectivity index (χ0) is 63.9. The van der Waals surface area contributed by atoms with Crippen molar-refractivity contribution >= 4 is 45.9 Å². The molecule has 90 heavy (non-hydrogen) atoms. The SMILES string of the molecule is CCCCCCCCCCC(CCCCCCCC)COc1cc(CN2C(=O)C3=C(c4cccs4)NC(=O)C3=C2c2cccs2)cc(OCC(CCCCCCCC)CCCCCCCCCC)c1OCC(CCCCCCCC)CCCCCCCCCC. The number of rotatable bonds is 61. The van der Waals surface area contributed by atoms with E-state index in [4.69, 9.17) is 14.2 Å². The van der Waals surface area contributed by atoms with E-state index in [1.54, 1.807) is 22.7 Å². The summed E-state index contributed by atoms with van der Waals surface area (Å²) in [6.45, 7) is 16.1. The van der Waals surface area contributed by atoms with Gasteiger partial charge in [0.05, 0.1) is 58.7 Å². The van der Waals surface area contributed by atoms with Gasteiger partial charge in [-0.05, 0) is 96.9 Å². The van der Waals surface area contributed by atoms with Crippen molar-refractivity contribution in [3.05, 3.63) is 73.6 Å². The maximum absolute atomic E-state index is 15.3. The summed E-state index contributed by atoms with van der Waals surface area (Å²) in [6, 6.07) is 12.5. The van der Waals surface area contributed by atoms with Crippen molar-refractivity contribution in [2.45, 2.75) is 356 Å². The van der Waals surface area contributed by atoms with E-state index in [9.17, 15) is 4.79 Å². The maximum Gasteiger partial charge on any atom is 0.261 e. The number of benzene rings is 1. The number of hydrogen-bond donors (Lipinski definition) is 1. The highest BCUT2D eigenvalue weighted by molar-refractivity contribution is 7.11. The Bertz CT molecular complexity index is 2270.